The van der Waals surface area contributed by atoms with Crippen molar-refractivity contribution in [3.63, 3.8) is 0 Å². The molecule has 0 aromatic rings. The van der Waals surface area contributed by atoms with Crippen molar-refractivity contribution in [3.8, 4) is 0 Å². The van der Waals surface area contributed by atoms with Crippen molar-refractivity contribution in [2.75, 3.05) is 18.6 Å². The van der Waals surface area contributed by atoms with Crippen LogP contribution < -0.4 is 5.32 Å². The average molecular weight is 231 g/mol. The molecular formula is C7H12F3NO2S. The fourth-order valence-corrected chi connectivity index (χ4v) is 1.27. The molecule has 0 aliphatic carbocycles. The number of hydrogen-bond acceptors (Lipinski definition) is 3. The summed E-state index contributed by atoms with van der Waals surface area (Å²) in [5.74, 6) is 0.626. The van der Waals surface area contributed by atoms with Crippen LogP contribution >= 0.6 is 11.8 Å². The van der Waals surface area contributed by atoms with Gasteiger partial charge in [-0.3, -0.25) is 0 Å². The van der Waals surface area contributed by atoms with Gasteiger partial charge in [0, 0.05) is 11.8 Å². The molecule has 7 heteroatoms. The second-order valence-electron chi connectivity index (χ2n) is 2.69. The Hall–Kier alpha value is -0.590. The Balaban J connectivity index is 3.65. The minimum Gasteiger partial charge on any atom is -0.440 e. The molecule has 1 atom stereocenters. The van der Waals surface area contributed by atoms with Crippen LogP contribution in [0.2, 0.25) is 0 Å². The van der Waals surface area contributed by atoms with Crippen molar-refractivity contribution >= 4 is 17.9 Å². The van der Waals surface area contributed by atoms with E-state index in [0.717, 1.165) is 0 Å². The van der Waals surface area contributed by atoms with Gasteiger partial charge in [0.15, 0.2) is 6.61 Å². The van der Waals surface area contributed by atoms with E-state index >= 15 is 0 Å². The fourth-order valence-electron chi connectivity index (χ4n) is 0.682. The molecule has 0 saturated heterocycles. The lowest BCUT2D eigenvalue weighted by Gasteiger charge is -2.13. The summed E-state index contributed by atoms with van der Waals surface area (Å²) >= 11 is 1.48. The smallest absolute Gasteiger partial charge is 0.422 e. The number of ether oxygens (including phenoxy) is 1. The van der Waals surface area contributed by atoms with Gasteiger partial charge in [-0.25, -0.2) is 4.79 Å². The van der Waals surface area contributed by atoms with Crippen molar-refractivity contribution in [1.29, 1.82) is 0 Å². The average Bonchev–Trinajstić information content (AvgIpc) is 2.00. The van der Waals surface area contributed by atoms with Crippen molar-refractivity contribution in [2.24, 2.45) is 0 Å². The number of thioether (sulfide) groups is 1. The van der Waals surface area contributed by atoms with Crippen LogP contribution in [-0.2, 0) is 4.74 Å². The highest BCUT2D eigenvalue weighted by Crippen LogP contribution is 2.14. The van der Waals surface area contributed by atoms with E-state index in [1.54, 1.807) is 6.92 Å². The summed E-state index contributed by atoms with van der Waals surface area (Å²) in [5, 5.41) is 2.27. The van der Waals surface area contributed by atoms with E-state index in [-0.39, 0.29) is 6.04 Å². The summed E-state index contributed by atoms with van der Waals surface area (Å²) in [7, 11) is 0. The maximum Gasteiger partial charge on any atom is 0.422 e. The zero-order valence-corrected chi connectivity index (χ0v) is 8.67. The predicted molar refractivity (Wildman–Crippen MR) is 48.4 cm³/mol. The van der Waals surface area contributed by atoms with Crippen LogP contribution in [0.1, 0.15) is 6.92 Å². The monoisotopic (exact) mass is 231 g/mol. The number of alkyl carbamates (subject to hydrolysis) is 1. The van der Waals surface area contributed by atoms with Gasteiger partial charge in [0.2, 0.25) is 0 Å². The Bertz CT molecular complexity index is 186. The lowest BCUT2D eigenvalue weighted by atomic mass is 10.4. The van der Waals surface area contributed by atoms with Gasteiger partial charge in [0.05, 0.1) is 0 Å². The van der Waals surface area contributed by atoms with E-state index in [1.807, 2.05) is 6.26 Å². The molecule has 0 aliphatic rings. The van der Waals surface area contributed by atoms with Crippen LogP contribution in [0.25, 0.3) is 0 Å². The van der Waals surface area contributed by atoms with Crippen LogP contribution in [0.3, 0.4) is 0 Å². The molecule has 84 valence electrons. The molecule has 0 aliphatic heterocycles. The molecule has 0 aromatic carbocycles. The predicted octanol–water partition coefficient (Wildman–Crippen LogP) is 2.03. The second kappa shape index (κ2) is 6.00. The van der Waals surface area contributed by atoms with E-state index in [9.17, 15) is 18.0 Å². The molecule has 0 spiro atoms. The third-order valence-electron chi connectivity index (χ3n) is 1.15. The van der Waals surface area contributed by atoms with Gasteiger partial charge in [-0.1, -0.05) is 0 Å². The summed E-state index contributed by atoms with van der Waals surface area (Å²) in [6.07, 6.45) is -3.68. The minimum absolute atomic E-state index is 0.203. The summed E-state index contributed by atoms with van der Waals surface area (Å²) < 4.78 is 38.7. The third-order valence-corrected chi connectivity index (χ3v) is 1.98. The molecule has 0 rings (SSSR count). The van der Waals surface area contributed by atoms with Gasteiger partial charge in [-0.2, -0.15) is 24.9 Å². The van der Waals surface area contributed by atoms with E-state index in [0.29, 0.717) is 5.75 Å². The van der Waals surface area contributed by atoms with Crippen LogP contribution in [0.4, 0.5) is 18.0 Å². The van der Waals surface area contributed by atoms with E-state index in [4.69, 9.17) is 0 Å². The Labute approximate surface area is 84.4 Å². The fraction of sp³-hybridized carbons (Fsp3) is 0.857. The summed E-state index contributed by atoms with van der Waals surface area (Å²) in [6, 6.07) is -0.203. The van der Waals surface area contributed by atoms with Gasteiger partial charge in [-0.05, 0) is 13.2 Å². The normalized spacial score (nSPS) is 13.5. The summed E-state index contributed by atoms with van der Waals surface area (Å²) in [4.78, 5) is 10.7. The quantitative estimate of drug-likeness (QED) is 0.804. The maximum atomic E-state index is 11.6. The van der Waals surface area contributed by atoms with Crippen molar-refractivity contribution in [1.82, 2.24) is 5.32 Å². The molecule has 1 amide bonds. The third kappa shape index (κ3) is 8.03. The SMILES string of the molecule is CSCC(C)NC(=O)OCC(F)(F)F. The zero-order chi connectivity index (χ0) is 11.2. The Morgan fingerprint density at radius 3 is 2.57 bits per heavy atom. The number of halogens is 3. The highest BCUT2D eigenvalue weighted by Gasteiger charge is 2.29. The molecular weight excluding hydrogens is 219 g/mol. The van der Waals surface area contributed by atoms with E-state index < -0.39 is 18.9 Å². The first-order valence-corrected chi connectivity index (χ1v) is 5.23. The Morgan fingerprint density at radius 1 is 1.57 bits per heavy atom. The van der Waals surface area contributed by atoms with Gasteiger partial charge in [0.1, 0.15) is 0 Å². The van der Waals surface area contributed by atoms with Crippen molar-refractivity contribution in [2.45, 2.75) is 19.1 Å². The molecule has 0 heterocycles. The number of rotatable bonds is 4. The first-order chi connectivity index (χ1) is 6.35. The Kier molecular flexibility index (Phi) is 5.75. The lowest BCUT2D eigenvalue weighted by Crippen LogP contribution is -2.36. The minimum atomic E-state index is -4.47. The van der Waals surface area contributed by atoms with Crippen molar-refractivity contribution in [3.05, 3.63) is 0 Å². The number of alkyl halides is 3. The number of carbonyl (C=O) groups excluding carboxylic acids is 1. The molecule has 0 aromatic heterocycles. The van der Waals surface area contributed by atoms with Crippen LogP contribution in [-0.4, -0.2) is 36.9 Å². The zero-order valence-electron chi connectivity index (χ0n) is 7.85. The first-order valence-electron chi connectivity index (χ1n) is 3.84. The molecule has 3 nitrogen and oxygen atoms in total. The molecule has 14 heavy (non-hydrogen) atoms. The highest BCUT2D eigenvalue weighted by molar-refractivity contribution is 7.98. The Morgan fingerprint density at radius 2 is 2.14 bits per heavy atom. The van der Waals surface area contributed by atoms with Crippen LogP contribution in [0.5, 0.6) is 0 Å². The molecule has 0 saturated carbocycles. The summed E-state index contributed by atoms with van der Waals surface area (Å²) in [5.41, 5.74) is 0. The largest absolute Gasteiger partial charge is 0.440 e. The molecule has 1 unspecified atom stereocenters. The summed E-state index contributed by atoms with van der Waals surface area (Å²) in [6.45, 7) is 0.135. The molecule has 0 radical (unpaired) electrons. The molecule has 0 fully saturated rings. The van der Waals surface area contributed by atoms with E-state index in [1.165, 1.54) is 11.8 Å². The van der Waals surface area contributed by atoms with E-state index in [2.05, 4.69) is 10.1 Å². The van der Waals surface area contributed by atoms with Gasteiger partial charge in [-0.15, -0.1) is 0 Å². The van der Waals surface area contributed by atoms with Gasteiger partial charge in [0.25, 0.3) is 0 Å². The van der Waals surface area contributed by atoms with Crippen LogP contribution in [0, 0.1) is 0 Å². The molecule has 0 bridgehead atoms. The number of hydrogen-bond donors (Lipinski definition) is 1. The molecule has 1 N–H and O–H groups in total. The number of nitrogens with one attached hydrogen (secondary N) is 1. The highest BCUT2D eigenvalue weighted by atomic mass is 32.2. The van der Waals surface area contributed by atoms with Crippen LogP contribution in [0.15, 0.2) is 0 Å². The number of carbonyl (C=O) groups is 1. The number of amides is 1. The van der Waals surface area contributed by atoms with Gasteiger partial charge >= 0.3 is 12.3 Å². The topological polar surface area (TPSA) is 38.3 Å². The van der Waals surface area contributed by atoms with Crippen molar-refractivity contribution < 1.29 is 22.7 Å². The standard InChI is InChI=1S/C7H12F3NO2S/c1-5(3-14-2)11-6(12)13-4-7(8,9)10/h5H,3-4H2,1-2H3,(H,11,12). The van der Waals surface area contributed by atoms with Gasteiger partial charge < -0.3 is 10.1 Å². The first kappa shape index (κ1) is 13.4. The maximum absolute atomic E-state index is 11.6. The lowest BCUT2D eigenvalue weighted by molar-refractivity contribution is -0.160. The second-order valence-corrected chi connectivity index (χ2v) is 3.60.